The monoisotopic (exact) mass is 514 g/mol. The Kier molecular flexibility index (Phi) is 5.02. The van der Waals surface area contributed by atoms with Crippen molar-refractivity contribution in [2.75, 3.05) is 29.4 Å². The van der Waals surface area contributed by atoms with Crippen molar-refractivity contribution in [2.24, 2.45) is 10.4 Å². The number of ether oxygens (including phenoxy) is 2. The number of urea groups is 1. The summed E-state index contributed by atoms with van der Waals surface area (Å²) in [5.41, 5.74) is -1.47. The molecule has 6 rings (SSSR count). The first-order valence-electron chi connectivity index (χ1n) is 11.8. The molecule has 14 heteroatoms. The number of cyclic esters (lactones) is 1. The summed E-state index contributed by atoms with van der Waals surface area (Å²) in [7, 11) is 0. The van der Waals surface area contributed by atoms with E-state index < -0.39 is 53.4 Å². The fraction of sp³-hybridized carbons (Fsp3) is 0.478. The van der Waals surface area contributed by atoms with Crippen LogP contribution in [-0.2, 0) is 25.5 Å². The lowest BCUT2D eigenvalue weighted by Gasteiger charge is -2.55. The van der Waals surface area contributed by atoms with Gasteiger partial charge in [-0.2, -0.15) is 0 Å². The van der Waals surface area contributed by atoms with Crippen LogP contribution in [0.2, 0.25) is 0 Å². The fourth-order valence-electron chi connectivity index (χ4n) is 6.06. The molecule has 0 bridgehead atoms. The largest absolute Gasteiger partial charge is 0.442 e. The average molecular weight is 514 g/mol. The number of fused-ring (bicyclic) bond motifs is 5. The number of hydrogen-bond acceptors (Lipinski definition) is 10. The van der Waals surface area contributed by atoms with Gasteiger partial charge in [0, 0.05) is 13.0 Å². The summed E-state index contributed by atoms with van der Waals surface area (Å²) in [5, 5.41) is 8.51. The number of carbonyl (C=O) groups excluding carboxylic acids is 4. The minimum absolute atomic E-state index is 0.0425. The van der Waals surface area contributed by atoms with Crippen molar-refractivity contribution < 1.29 is 37.6 Å². The molecule has 194 valence electrons. The van der Waals surface area contributed by atoms with Crippen molar-refractivity contribution in [3.8, 4) is 0 Å². The zero-order chi connectivity index (χ0) is 26.2. The van der Waals surface area contributed by atoms with Gasteiger partial charge in [-0.15, -0.1) is 0 Å². The van der Waals surface area contributed by atoms with Crippen LogP contribution in [0.15, 0.2) is 15.6 Å². The van der Waals surface area contributed by atoms with Crippen LogP contribution in [0.1, 0.15) is 19.4 Å². The van der Waals surface area contributed by atoms with Gasteiger partial charge in [0.25, 0.3) is 0 Å². The van der Waals surface area contributed by atoms with Crippen LogP contribution < -0.4 is 20.4 Å². The number of hydrogen-bond donors (Lipinski definition) is 2. The van der Waals surface area contributed by atoms with Gasteiger partial charge in [-0.1, -0.05) is 5.16 Å². The Hall–Kier alpha value is -4.07. The number of benzene rings is 1. The molecule has 5 heterocycles. The summed E-state index contributed by atoms with van der Waals surface area (Å²) in [5.74, 6) is -2.28. The Morgan fingerprint density at radius 3 is 2.65 bits per heavy atom. The number of aliphatic imine (C=N–C) groups is 1. The van der Waals surface area contributed by atoms with E-state index in [0.717, 1.165) is 0 Å². The second-order valence-corrected chi connectivity index (χ2v) is 9.74. The molecule has 3 saturated heterocycles. The van der Waals surface area contributed by atoms with Crippen molar-refractivity contribution in [3.63, 3.8) is 0 Å². The number of aromatic nitrogens is 1. The molecule has 2 aromatic rings. The molecule has 5 amide bonds. The highest BCUT2D eigenvalue weighted by Crippen LogP contribution is 2.49. The summed E-state index contributed by atoms with van der Waals surface area (Å²) in [6.07, 6.45) is -2.47. The van der Waals surface area contributed by atoms with E-state index in [0.29, 0.717) is 5.56 Å². The Bertz CT molecular complexity index is 1370. The number of anilines is 2. The highest BCUT2D eigenvalue weighted by molar-refractivity contribution is 6.20. The molecule has 0 unspecified atom stereocenters. The summed E-state index contributed by atoms with van der Waals surface area (Å²) >= 11 is 0. The average Bonchev–Trinajstić information content (AvgIpc) is 3.40. The Labute approximate surface area is 208 Å². The van der Waals surface area contributed by atoms with Gasteiger partial charge in [-0.05, 0) is 32.2 Å². The van der Waals surface area contributed by atoms with Gasteiger partial charge in [0.05, 0.1) is 42.4 Å². The molecular weight excluding hydrogens is 491 g/mol. The van der Waals surface area contributed by atoms with E-state index in [2.05, 4.69) is 27.5 Å². The van der Waals surface area contributed by atoms with Crippen LogP contribution in [-0.4, -0.2) is 79.8 Å². The molecule has 13 nitrogen and oxygen atoms in total. The Morgan fingerprint density at radius 1 is 1.22 bits per heavy atom. The Morgan fingerprint density at radius 2 is 1.95 bits per heavy atom. The molecule has 1 spiro atoms. The standard InChI is InChI=1S/C23H23FN6O7/c1-9-7-29-15-11(5-23(17(29)10(2)35-9)19(31)26-21(33)27-20(23)32)4-13-16(14(15)24)37-28-18(13)30-8-12(6-25-3)36-22(30)34/h4,9-10,12,17H,3,5-8H2,1-2H3,(H2,26,27,31,32,33)/t9-,10+,12+,17-/m1/s1. The van der Waals surface area contributed by atoms with Crippen molar-refractivity contribution in [1.29, 1.82) is 0 Å². The normalized spacial score (nSPS) is 28.6. The lowest BCUT2D eigenvalue weighted by atomic mass is 9.66. The molecule has 2 N–H and O–H groups in total. The summed E-state index contributed by atoms with van der Waals surface area (Å²) in [6, 6.07) is -0.264. The molecule has 3 fully saturated rings. The van der Waals surface area contributed by atoms with Gasteiger partial charge in [-0.25, -0.2) is 14.0 Å². The molecule has 1 aromatic heterocycles. The van der Waals surface area contributed by atoms with Crippen LogP contribution in [0.25, 0.3) is 11.0 Å². The zero-order valence-corrected chi connectivity index (χ0v) is 19.9. The number of amides is 5. The van der Waals surface area contributed by atoms with Crippen molar-refractivity contribution >= 4 is 53.1 Å². The third-order valence-corrected chi connectivity index (χ3v) is 7.41. The maximum absolute atomic E-state index is 16.2. The van der Waals surface area contributed by atoms with E-state index in [4.69, 9.17) is 14.0 Å². The van der Waals surface area contributed by atoms with Gasteiger partial charge in [0.1, 0.15) is 6.10 Å². The first kappa shape index (κ1) is 23.3. The lowest BCUT2D eigenvalue weighted by Crippen LogP contribution is -2.75. The topological polar surface area (TPSA) is 156 Å². The van der Waals surface area contributed by atoms with Crippen LogP contribution in [0.3, 0.4) is 0 Å². The van der Waals surface area contributed by atoms with Crippen LogP contribution in [0.4, 0.5) is 25.5 Å². The minimum Gasteiger partial charge on any atom is -0.442 e. The van der Waals surface area contributed by atoms with E-state index in [-0.39, 0.29) is 54.6 Å². The molecule has 37 heavy (non-hydrogen) atoms. The van der Waals surface area contributed by atoms with Crippen LogP contribution >= 0.6 is 0 Å². The predicted octanol–water partition coefficient (Wildman–Crippen LogP) is 0.883. The van der Waals surface area contributed by atoms with Gasteiger partial charge in [0.2, 0.25) is 17.4 Å². The lowest BCUT2D eigenvalue weighted by molar-refractivity contribution is -0.153. The van der Waals surface area contributed by atoms with Crippen LogP contribution in [0, 0.1) is 11.2 Å². The van der Waals surface area contributed by atoms with Gasteiger partial charge >= 0.3 is 12.1 Å². The highest BCUT2D eigenvalue weighted by Gasteiger charge is 2.63. The number of rotatable bonds is 3. The zero-order valence-electron chi connectivity index (χ0n) is 19.9. The maximum Gasteiger partial charge on any atom is 0.416 e. The smallest absolute Gasteiger partial charge is 0.416 e. The van der Waals surface area contributed by atoms with Gasteiger partial charge < -0.3 is 18.9 Å². The van der Waals surface area contributed by atoms with Crippen molar-refractivity contribution in [1.82, 2.24) is 15.8 Å². The van der Waals surface area contributed by atoms with E-state index in [1.165, 1.54) is 4.90 Å². The highest BCUT2D eigenvalue weighted by atomic mass is 19.1. The number of nitrogens with one attached hydrogen (secondary N) is 2. The molecule has 0 saturated carbocycles. The second kappa shape index (κ2) is 7.96. The molecule has 4 atom stereocenters. The van der Waals surface area contributed by atoms with E-state index in [1.807, 2.05) is 0 Å². The first-order chi connectivity index (χ1) is 17.6. The van der Waals surface area contributed by atoms with E-state index in [1.54, 1.807) is 24.8 Å². The second-order valence-electron chi connectivity index (χ2n) is 9.74. The Balaban J connectivity index is 1.53. The third-order valence-electron chi connectivity index (χ3n) is 7.41. The number of morpholine rings is 1. The maximum atomic E-state index is 16.2. The molecule has 4 aliphatic rings. The van der Waals surface area contributed by atoms with Crippen molar-refractivity contribution in [3.05, 3.63) is 17.4 Å². The summed E-state index contributed by atoms with van der Waals surface area (Å²) in [6.45, 7) is 7.37. The van der Waals surface area contributed by atoms with E-state index >= 15 is 4.39 Å². The summed E-state index contributed by atoms with van der Waals surface area (Å²) < 4.78 is 32.7. The number of barbiturate groups is 1. The molecular formula is C23H23FN6O7. The van der Waals surface area contributed by atoms with Crippen LogP contribution in [0.5, 0.6) is 0 Å². The molecule has 1 aromatic carbocycles. The fourth-order valence-corrected chi connectivity index (χ4v) is 6.06. The minimum atomic E-state index is -1.77. The number of carbonyl (C=O) groups is 4. The number of imide groups is 2. The number of nitrogens with zero attached hydrogens (tertiary/aromatic N) is 4. The van der Waals surface area contributed by atoms with Gasteiger partial charge in [-0.3, -0.25) is 30.1 Å². The third kappa shape index (κ3) is 3.17. The summed E-state index contributed by atoms with van der Waals surface area (Å²) in [4.78, 5) is 57.6. The first-order valence-corrected chi connectivity index (χ1v) is 11.8. The number of halogens is 1. The molecule has 4 aliphatic heterocycles. The SMILES string of the molecule is C=NC[C@H]1CN(c2noc3c(F)c4c(cc23)CC2(C(=O)NC(=O)NC2=O)[C@H]2[C@H](C)O[C@H](C)CN42)C(=O)O1. The van der Waals surface area contributed by atoms with E-state index in [9.17, 15) is 19.2 Å². The molecule has 0 aliphatic carbocycles. The van der Waals surface area contributed by atoms with Gasteiger partial charge in [0.15, 0.2) is 17.1 Å². The quantitative estimate of drug-likeness (QED) is 0.448. The predicted molar refractivity (Wildman–Crippen MR) is 125 cm³/mol. The van der Waals surface area contributed by atoms with Crippen molar-refractivity contribution in [2.45, 2.75) is 44.6 Å². The molecule has 0 radical (unpaired) electrons.